The molecule has 1 aromatic carbocycles. The molecule has 0 amide bonds. The van der Waals surface area contributed by atoms with Crippen LogP contribution in [0.1, 0.15) is 30.8 Å². The van der Waals surface area contributed by atoms with Gasteiger partial charge in [-0.2, -0.15) is 5.10 Å². The lowest BCUT2D eigenvalue weighted by Crippen LogP contribution is -2.23. The fraction of sp³-hybridized carbons (Fsp3) is 0.400. The van der Waals surface area contributed by atoms with Crippen molar-refractivity contribution in [1.82, 2.24) is 15.1 Å². The van der Waals surface area contributed by atoms with Crippen LogP contribution in [0.3, 0.4) is 0 Å². The van der Waals surface area contributed by atoms with Crippen molar-refractivity contribution in [3.8, 4) is 5.69 Å². The first-order valence-electron chi connectivity index (χ1n) is 6.64. The Kier molecular flexibility index (Phi) is 4.89. The Morgan fingerprint density at radius 2 is 2.05 bits per heavy atom. The molecule has 0 aliphatic rings. The SMILES string of the molecule is Cc1nn(-c2cccc(Cl)c2CNC(C)C)c(C)c1Br. The largest absolute Gasteiger partial charge is 0.310 e. The van der Waals surface area contributed by atoms with Gasteiger partial charge in [-0.3, -0.25) is 0 Å². The summed E-state index contributed by atoms with van der Waals surface area (Å²) in [4.78, 5) is 0. The van der Waals surface area contributed by atoms with E-state index in [0.717, 1.165) is 38.7 Å². The molecule has 2 rings (SSSR count). The van der Waals surface area contributed by atoms with Crippen LogP contribution in [0.4, 0.5) is 0 Å². The van der Waals surface area contributed by atoms with Crippen LogP contribution >= 0.6 is 27.5 Å². The normalized spacial score (nSPS) is 11.3. The van der Waals surface area contributed by atoms with E-state index in [4.69, 9.17) is 11.6 Å². The summed E-state index contributed by atoms with van der Waals surface area (Å²) in [5.41, 5.74) is 4.15. The van der Waals surface area contributed by atoms with Gasteiger partial charge in [-0.25, -0.2) is 4.68 Å². The van der Waals surface area contributed by atoms with Crippen LogP contribution in [0.2, 0.25) is 5.02 Å². The molecule has 20 heavy (non-hydrogen) atoms. The van der Waals surface area contributed by atoms with E-state index in [0.29, 0.717) is 6.04 Å². The van der Waals surface area contributed by atoms with E-state index >= 15 is 0 Å². The summed E-state index contributed by atoms with van der Waals surface area (Å²) in [6.07, 6.45) is 0. The molecule has 0 bridgehead atoms. The summed E-state index contributed by atoms with van der Waals surface area (Å²) in [5.74, 6) is 0. The Bertz CT molecular complexity index is 620. The predicted octanol–water partition coefficient (Wildman–Crippen LogP) is 4.40. The van der Waals surface area contributed by atoms with Crippen LogP contribution < -0.4 is 5.32 Å². The summed E-state index contributed by atoms with van der Waals surface area (Å²) < 4.78 is 2.99. The molecule has 1 aromatic heterocycles. The lowest BCUT2D eigenvalue weighted by molar-refractivity contribution is 0.586. The van der Waals surface area contributed by atoms with E-state index in [9.17, 15) is 0 Å². The van der Waals surface area contributed by atoms with E-state index in [2.05, 4.69) is 46.3 Å². The average molecular weight is 357 g/mol. The number of nitrogens with zero attached hydrogens (tertiary/aromatic N) is 2. The van der Waals surface area contributed by atoms with Crippen LogP contribution in [0.25, 0.3) is 5.69 Å². The van der Waals surface area contributed by atoms with Gasteiger partial charge in [0.15, 0.2) is 0 Å². The highest BCUT2D eigenvalue weighted by Crippen LogP contribution is 2.28. The van der Waals surface area contributed by atoms with Crippen molar-refractivity contribution in [3.63, 3.8) is 0 Å². The lowest BCUT2D eigenvalue weighted by Gasteiger charge is -2.15. The van der Waals surface area contributed by atoms with Crippen molar-refractivity contribution in [2.75, 3.05) is 0 Å². The van der Waals surface area contributed by atoms with E-state index in [1.54, 1.807) is 0 Å². The first kappa shape index (κ1) is 15.5. The van der Waals surface area contributed by atoms with E-state index in [1.165, 1.54) is 0 Å². The number of aromatic nitrogens is 2. The molecule has 108 valence electrons. The number of halogens is 2. The maximum absolute atomic E-state index is 6.37. The average Bonchev–Trinajstić information content (AvgIpc) is 2.64. The number of hydrogen-bond donors (Lipinski definition) is 1. The minimum Gasteiger partial charge on any atom is -0.310 e. The smallest absolute Gasteiger partial charge is 0.0743 e. The quantitative estimate of drug-likeness (QED) is 0.879. The Labute approximate surface area is 133 Å². The Morgan fingerprint density at radius 3 is 2.60 bits per heavy atom. The van der Waals surface area contributed by atoms with Gasteiger partial charge >= 0.3 is 0 Å². The molecule has 0 saturated heterocycles. The Balaban J connectivity index is 2.50. The van der Waals surface area contributed by atoms with Gasteiger partial charge in [0.05, 0.1) is 21.5 Å². The molecule has 5 heteroatoms. The van der Waals surface area contributed by atoms with Crippen molar-refractivity contribution in [1.29, 1.82) is 0 Å². The van der Waals surface area contributed by atoms with Crippen molar-refractivity contribution in [2.24, 2.45) is 0 Å². The number of aryl methyl sites for hydroxylation is 1. The minimum atomic E-state index is 0.409. The summed E-state index contributed by atoms with van der Waals surface area (Å²) in [6.45, 7) is 9.00. The molecule has 0 saturated carbocycles. The lowest BCUT2D eigenvalue weighted by atomic mass is 10.1. The fourth-order valence-corrected chi connectivity index (χ4v) is 2.57. The highest BCUT2D eigenvalue weighted by molar-refractivity contribution is 9.10. The summed E-state index contributed by atoms with van der Waals surface area (Å²) in [6, 6.07) is 6.34. The second-order valence-corrected chi connectivity index (χ2v) is 6.37. The molecule has 0 spiro atoms. The van der Waals surface area contributed by atoms with Gasteiger partial charge in [-0.15, -0.1) is 0 Å². The zero-order valence-electron chi connectivity index (χ0n) is 12.2. The molecule has 0 fully saturated rings. The van der Waals surface area contributed by atoms with E-state index in [-0.39, 0.29) is 0 Å². The van der Waals surface area contributed by atoms with Crippen LogP contribution in [-0.2, 0) is 6.54 Å². The maximum Gasteiger partial charge on any atom is 0.0743 e. The molecule has 0 unspecified atom stereocenters. The molecule has 1 N–H and O–H groups in total. The highest BCUT2D eigenvalue weighted by Gasteiger charge is 2.15. The highest BCUT2D eigenvalue weighted by atomic mass is 79.9. The zero-order chi connectivity index (χ0) is 14.9. The molecule has 2 aromatic rings. The second-order valence-electron chi connectivity index (χ2n) is 5.17. The van der Waals surface area contributed by atoms with Gasteiger partial charge < -0.3 is 5.32 Å². The fourth-order valence-electron chi connectivity index (χ4n) is 2.09. The van der Waals surface area contributed by atoms with Crippen LogP contribution in [-0.4, -0.2) is 15.8 Å². The van der Waals surface area contributed by atoms with E-state index in [1.807, 2.05) is 30.7 Å². The van der Waals surface area contributed by atoms with Gasteiger partial charge in [0.1, 0.15) is 0 Å². The summed E-state index contributed by atoms with van der Waals surface area (Å²) in [5, 5.41) is 8.77. The number of benzene rings is 1. The number of rotatable bonds is 4. The number of hydrogen-bond acceptors (Lipinski definition) is 2. The van der Waals surface area contributed by atoms with Crippen molar-refractivity contribution < 1.29 is 0 Å². The summed E-state index contributed by atoms with van der Waals surface area (Å²) in [7, 11) is 0. The molecule has 3 nitrogen and oxygen atoms in total. The van der Waals surface area contributed by atoms with Crippen LogP contribution in [0, 0.1) is 13.8 Å². The monoisotopic (exact) mass is 355 g/mol. The summed E-state index contributed by atoms with van der Waals surface area (Å²) >= 11 is 9.94. The molecule has 0 aliphatic carbocycles. The third-order valence-corrected chi connectivity index (χ3v) is 4.71. The second kappa shape index (κ2) is 6.29. The van der Waals surface area contributed by atoms with Crippen molar-refractivity contribution in [3.05, 3.63) is 44.6 Å². The molecule has 1 heterocycles. The maximum atomic E-state index is 6.37. The van der Waals surface area contributed by atoms with Crippen molar-refractivity contribution >= 4 is 27.5 Å². The van der Waals surface area contributed by atoms with Gasteiger partial charge in [0.2, 0.25) is 0 Å². The third kappa shape index (κ3) is 3.08. The first-order valence-corrected chi connectivity index (χ1v) is 7.81. The van der Waals surface area contributed by atoms with Crippen molar-refractivity contribution in [2.45, 2.75) is 40.3 Å². The molecule has 0 atom stereocenters. The van der Waals surface area contributed by atoms with Crippen LogP contribution in [0.5, 0.6) is 0 Å². The molecular formula is C15H19BrClN3. The van der Waals surface area contributed by atoms with Crippen LogP contribution in [0.15, 0.2) is 22.7 Å². The Morgan fingerprint density at radius 1 is 1.35 bits per heavy atom. The predicted molar refractivity (Wildman–Crippen MR) is 87.7 cm³/mol. The topological polar surface area (TPSA) is 29.9 Å². The van der Waals surface area contributed by atoms with Gasteiger partial charge in [0.25, 0.3) is 0 Å². The molecular weight excluding hydrogens is 338 g/mol. The third-order valence-electron chi connectivity index (χ3n) is 3.21. The zero-order valence-corrected chi connectivity index (χ0v) is 14.5. The van der Waals surface area contributed by atoms with Gasteiger partial charge in [-0.1, -0.05) is 31.5 Å². The molecule has 0 aliphatic heterocycles. The number of nitrogens with one attached hydrogen (secondary N) is 1. The van der Waals surface area contributed by atoms with Gasteiger partial charge in [-0.05, 0) is 41.9 Å². The minimum absolute atomic E-state index is 0.409. The van der Waals surface area contributed by atoms with Gasteiger partial charge in [0, 0.05) is 23.2 Å². The standard InChI is InChI=1S/C15H19BrClN3/c1-9(2)18-8-12-13(17)6-5-7-14(12)20-11(4)15(16)10(3)19-20/h5-7,9,18H,8H2,1-4H3. The molecule has 0 radical (unpaired) electrons. The van der Waals surface area contributed by atoms with E-state index < -0.39 is 0 Å². The first-order chi connectivity index (χ1) is 9.41. The Hall–Kier alpha value is -0.840.